The van der Waals surface area contributed by atoms with Crippen LogP contribution in [0.5, 0.6) is 5.75 Å². The summed E-state index contributed by atoms with van der Waals surface area (Å²) in [5, 5.41) is 19.0. The van der Waals surface area contributed by atoms with Gasteiger partial charge in [0.2, 0.25) is 5.91 Å². The molecule has 2 heterocycles. The maximum absolute atomic E-state index is 12.6. The zero-order chi connectivity index (χ0) is 22.8. The average Bonchev–Trinajstić information content (AvgIpc) is 3.21. The van der Waals surface area contributed by atoms with E-state index in [0.29, 0.717) is 29.6 Å². The van der Waals surface area contributed by atoms with Gasteiger partial charge in [-0.2, -0.15) is 0 Å². The van der Waals surface area contributed by atoms with E-state index >= 15 is 0 Å². The number of thiazole rings is 1. The number of aromatic nitrogens is 1. The molecule has 0 radical (unpaired) electrons. The summed E-state index contributed by atoms with van der Waals surface area (Å²) in [5.41, 5.74) is 1.77. The summed E-state index contributed by atoms with van der Waals surface area (Å²) in [7, 11) is 0. The molecule has 0 saturated heterocycles. The Balaban J connectivity index is 1.57. The van der Waals surface area contributed by atoms with Gasteiger partial charge in [-0.25, -0.2) is 4.98 Å². The molecule has 32 heavy (non-hydrogen) atoms. The van der Waals surface area contributed by atoms with Gasteiger partial charge < -0.3 is 10.1 Å². The molecule has 11 heteroatoms. The van der Waals surface area contributed by atoms with Crippen LogP contribution in [0, 0.1) is 10.1 Å². The first-order valence-electron chi connectivity index (χ1n) is 9.57. The van der Waals surface area contributed by atoms with E-state index in [0.717, 1.165) is 17.2 Å². The molecule has 0 fully saturated rings. The number of carbonyl (C=O) groups excluding carboxylic acids is 2. The van der Waals surface area contributed by atoms with Crippen LogP contribution in [0.25, 0.3) is 11.3 Å². The quantitative estimate of drug-likeness (QED) is 0.413. The Kier molecular flexibility index (Phi) is 6.06. The first-order valence-corrected chi connectivity index (χ1v) is 10.8. The molecule has 0 spiro atoms. The van der Waals surface area contributed by atoms with Gasteiger partial charge in [-0.05, 0) is 30.3 Å². The van der Waals surface area contributed by atoms with E-state index in [1.807, 2.05) is 18.2 Å². The lowest BCUT2D eigenvalue weighted by molar-refractivity contribution is -0.385. The summed E-state index contributed by atoms with van der Waals surface area (Å²) in [6.07, 6.45) is 0.661. The minimum Gasteiger partial charge on any atom is -0.493 e. The van der Waals surface area contributed by atoms with Crippen molar-refractivity contribution in [3.63, 3.8) is 0 Å². The molecular formula is C21H17ClN4O5S. The number of nitro benzene ring substituents is 1. The molecule has 0 aliphatic carbocycles. The second-order valence-electron chi connectivity index (χ2n) is 7.05. The second-order valence-corrected chi connectivity index (χ2v) is 8.35. The fourth-order valence-electron chi connectivity index (χ4n) is 3.43. The van der Waals surface area contributed by atoms with Gasteiger partial charge in [0.15, 0.2) is 5.13 Å². The number of ether oxygens (including phenoxy) is 1. The Hall–Kier alpha value is -3.50. The molecule has 0 bridgehead atoms. The molecule has 1 unspecified atom stereocenters. The van der Waals surface area contributed by atoms with Gasteiger partial charge in [-0.15, -0.1) is 11.3 Å². The van der Waals surface area contributed by atoms with Crippen molar-refractivity contribution in [1.82, 2.24) is 10.3 Å². The zero-order valence-corrected chi connectivity index (χ0v) is 18.3. The normalized spacial score (nSPS) is 14.8. The number of benzene rings is 2. The van der Waals surface area contributed by atoms with Crippen LogP contribution >= 0.6 is 22.9 Å². The van der Waals surface area contributed by atoms with Gasteiger partial charge in [0, 0.05) is 40.9 Å². The summed E-state index contributed by atoms with van der Waals surface area (Å²) in [4.78, 5) is 39.1. The van der Waals surface area contributed by atoms with E-state index in [1.165, 1.54) is 30.4 Å². The highest BCUT2D eigenvalue weighted by molar-refractivity contribution is 7.14. The first-order chi connectivity index (χ1) is 15.3. The highest BCUT2D eigenvalue weighted by Gasteiger charge is 2.24. The number of anilines is 1. The van der Waals surface area contributed by atoms with Crippen LogP contribution in [0.1, 0.15) is 35.3 Å². The van der Waals surface area contributed by atoms with Crippen molar-refractivity contribution in [2.24, 2.45) is 0 Å². The van der Waals surface area contributed by atoms with Crippen molar-refractivity contribution < 1.29 is 19.2 Å². The van der Waals surface area contributed by atoms with Crippen LogP contribution in [-0.4, -0.2) is 28.3 Å². The van der Waals surface area contributed by atoms with E-state index in [9.17, 15) is 19.7 Å². The first kappa shape index (κ1) is 21.7. The fraction of sp³-hybridized carbons (Fsp3) is 0.190. The predicted molar refractivity (Wildman–Crippen MR) is 120 cm³/mol. The number of halogens is 1. The van der Waals surface area contributed by atoms with Crippen molar-refractivity contribution in [3.05, 3.63) is 68.0 Å². The minimum absolute atomic E-state index is 0.111. The van der Waals surface area contributed by atoms with E-state index in [1.54, 1.807) is 5.38 Å². The Morgan fingerprint density at radius 3 is 2.84 bits per heavy atom. The number of nitrogens with one attached hydrogen (secondary N) is 2. The number of hydrogen-bond donors (Lipinski definition) is 2. The second kappa shape index (κ2) is 8.93. The fourth-order valence-corrected chi connectivity index (χ4v) is 4.31. The maximum atomic E-state index is 12.6. The molecular weight excluding hydrogens is 456 g/mol. The molecule has 3 aromatic rings. The summed E-state index contributed by atoms with van der Waals surface area (Å²) in [6.45, 7) is 1.99. The lowest BCUT2D eigenvalue weighted by atomic mass is 9.97. The molecule has 2 amide bonds. The van der Waals surface area contributed by atoms with Crippen molar-refractivity contribution in [2.45, 2.75) is 19.4 Å². The van der Waals surface area contributed by atoms with E-state index in [-0.39, 0.29) is 28.2 Å². The molecule has 1 aliphatic heterocycles. The van der Waals surface area contributed by atoms with Crippen LogP contribution in [-0.2, 0) is 4.79 Å². The van der Waals surface area contributed by atoms with Crippen LogP contribution in [0.3, 0.4) is 0 Å². The van der Waals surface area contributed by atoms with Crippen molar-refractivity contribution in [3.8, 4) is 17.0 Å². The SMILES string of the molecule is CC(=O)NC1CCOc2ccc(-c3csc(NC(=O)c4ccc(Cl)cc4[N+](=O)[O-])n3)cc21. The van der Waals surface area contributed by atoms with E-state index in [4.69, 9.17) is 16.3 Å². The molecule has 1 aromatic heterocycles. The van der Waals surface area contributed by atoms with Gasteiger partial charge in [0.25, 0.3) is 11.6 Å². The van der Waals surface area contributed by atoms with Crippen molar-refractivity contribution in [1.29, 1.82) is 0 Å². The number of nitro groups is 1. The highest BCUT2D eigenvalue weighted by Crippen LogP contribution is 2.36. The molecule has 4 rings (SSSR count). The number of carbonyl (C=O) groups is 2. The number of nitrogens with zero attached hydrogens (tertiary/aromatic N) is 2. The van der Waals surface area contributed by atoms with Gasteiger partial charge in [-0.3, -0.25) is 25.0 Å². The van der Waals surface area contributed by atoms with E-state index in [2.05, 4.69) is 15.6 Å². The lowest BCUT2D eigenvalue weighted by Crippen LogP contribution is -2.30. The average molecular weight is 473 g/mol. The summed E-state index contributed by atoms with van der Waals surface area (Å²) in [6, 6.07) is 9.27. The molecule has 1 atom stereocenters. The smallest absolute Gasteiger partial charge is 0.283 e. The Morgan fingerprint density at radius 1 is 1.28 bits per heavy atom. The van der Waals surface area contributed by atoms with Crippen LogP contribution in [0.4, 0.5) is 10.8 Å². The third-order valence-electron chi connectivity index (χ3n) is 4.85. The van der Waals surface area contributed by atoms with Crippen LogP contribution in [0.2, 0.25) is 5.02 Å². The topological polar surface area (TPSA) is 123 Å². The molecule has 9 nitrogen and oxygen atoms in total. The van der Waals surface area contributed by atoms with Gasteiger partial charge in [0.1, 0.15) is 11.3 Å². The molecule has 1 aliphatic rings. The predicted octanol–water partition coefficient (Wildman–Crippen LogP) is 4.58. The number of rotatable bonds is 5. The number of fused-ring (bicyclic) bond motifs is 1. The van der Waals surface area contributed by atoms with Gasteiger partial charge in [-0.1, -0.05) is 11.6 Å². The Bertz CT molecular complexity index is 1230. The monoisotopic (exact) mass is 472 g/mol. The number of hydrogen-bond acceptors (Lipinski definition) is 7. The molecule has 0 saturated carbocycles. The van der Waals surface area contributed by atoms with Gasteiger partial charge >= 0.3 is 0 Å². The maximum Gasteiger partial charge on any atom is 0.283 e. The van der Waals surface area contributed by atoms with Crippen molar-refractivity contribution in [2.75, 3.05) is 11.9 Å². The molecule has 164 valence electrons. The summed E-state index contributed by atoms with van der Waals surface area (Å²) < 4.78 is 5.68. The zero-order valence-electron chi connectivity index (χ0n) is 16.8. The Labute approximate surface area is 191 Å². The molecule has 2 N–H and O–H groups in total. The van der Waals surface area contributed by atoms with E-state index < -0.39 is 10.8 Å². The van der Waals surface area contributed by atoms with Crippen molar-refractivity contribution >= 4 is 45.6 Å². The summed E-state index contributed by atoms with van der Waals surface area (Å²) >= 11 is 7.00. The summed E-state index contributed by atoms with van der Waals surface area (Å²) in [5.74, 6) is -0.0698. The minimum atomic E-state index is -0.658. The molecule has 2 aromatic carbocycles. The largest absolute Gasteiger partial charge is 0.493 e. The van der Waals surface area contributed by atoms with Gasteiger partial charge in [0.05, 0.1) is 23.3 Å². The lowest BCUT2D eigenvalue weighted by Gasteiger charge is -2.26. The number of amides is 2. The highest BCUT2D eigenvalue weighted by atomic mass is 35.5. The standard InChI is InChI=1S/C21H17ClN4O5S/c1-11(27)23-16-6-7-31-19-5-2-12(8-15(16)19)17-10-32-21(24-17)25-20(28)14-4-3-13(22)9-18(14)26(29)30/h2-5,8-10,16H,6-7H2,1H3,(H,23,27)(H,24,25,28). The third-order valence-corrected chi connectivity index (χ3v) is 5.84. The Morgan fingerprint density at radius 2 is 2.09 bits per heavy atom. The third kappa shape index (κ3) is 4.56. The van der Waals surface area contributed by atoms with Crippen LogP contribution < -0.4 is 15.4 Å². The van der Waals surface area contributed by atoms with Crippen LogP contribution in [0.15, 0.2) is 41.8 Å².